The van der Waals surface area contributed by atoms with Crippen LogP contribution in [-0.2, 0) is 9.59 Å². The maximum atomic E-state index is 12.8. The summed E-state index contributed by atoms with van der Waals surface area (Å²) >= 11 is 0. The first-order valence-electron chi connectivity index (χ1n) is 7.75. The molecule has 2 aliphatic rings. The first-order valence-corrected chi connectivity index (χ1v) is 7.75. The molecule has 0 aromatic heterocycles. The fraction of sp³-hybridized carbons (Fsp3) is 0.529. The van der Waals surface area contributed by atoms with E-state index in [1.54, 1.807) is 0 Å². The summed E-state index contributed by atoms with van der Waals surface area (Å²) in [6.45, 7) is 4.04. The molecule has 2 amide bonds. The van der Waals surface area contributed by atoms with Crippen LogP contribution in [0.5, 0.6) is 0 Å². The second-order valence-electron chi connectivity index (χ2n) is 6.34. The van der Waals surface area contributed by atoms with Gasteiger partial charge in [-0.15, -0.1) is 0 Å². The van der Waals surface area contributed by atoms with Crippen LogP contribution in [0.25, 0.3) is 0 Å². The SMILES string of the molecule is CCC1NC(=O)C(c2ccccc2)N(C2(C)CCC2)C1=O. The number of nitrogens with one attached hydrogen (secondary N) is 1. The van der Waals surface area contributed by atoms with E-state index in [1.807, 2.05) is 42.2 Å². The Balaban J connectivity index is 2.02. The van der Waals surface area contributed by atoms with Gasteiger partial charge in [-0.1, -0.05) is 37.3 Å². The Morgan fingerprint density at radius 3 is 2.43 bits per heavy atom. The van der Waals surface area contributed by atoms with E-state index in [-0.39, 0.29) is 23.4 Å². The van der Waals surface area contributed by atoms with E-state index in [0.29, 0.717) is 6.42 Å². The van der Waals surface area contributed by atoms with Crippen molar-refractivity contribution in [1.29, 1.82) is 0 Å². The van der Waals surface area contributed by atoms with E-state index in [4.69, 9.17) is 0 Å². The molecule has 2 unspecified atom stereocenters. The maximum absolute atomic E-state index is 12.8. The zero-order chi connectivity index (χ0) is 15.0. The third-order valence-corrected chi connectivity index (χ3v) is 4.89. The molecule has 1 aliphatic heterocycles. The molecule has 1 aromatic rings. The van der Waals surface area contributed by atoms with Gasteiger partial charge < -0.3 is 10.2 Å². The summed E-state index contributed by atoms with van der Waals surface area (Å²) in [5, 5.41) is 2.88. The number of carbonyl (C=O) groups excluding carboxylic acids is 2. The van der Waals surface area contributed by atoms with Crippen LogP contribution in [0.4, 0.5) is 0 Å². The van der Waals surface area contributed by atoms with Gasteiger partial charge in [0.15, 0.2) is 0 Å². The molecule has 1 saturated heterocycles. The van der Waals surface area contributed by atoms with Crippen molar-refractivity contribution in [1.82, 2.24) is 10.2 Å². The van der Waals surface area contributed by atoms with Crippen LogP contribution in [0.15, 0.2) is 30.3 Å². The van der Waals surface area contributed by atoms with Crippen molar-refractivity contribution >= 4 is 11.8 Å². The predicted octanol–water partition coefficient (Wildman–Crippen LogP) is 2.41. The quantitative estimate of drug-likeness (QED) is 0.927. The minimum atomic E-state index is -0.494. The summed E-state index contributed by atoms with van der Waals surface area (Å²) in [4.78, 5) is 27.3. The minimum absolute atomic E-state index is 0.0548. The Hall–Kier alpha value is -1.84. The van der Waals surface area contributed by atoms with Crippen LogP contribution in [-0.4, -0.2) is 28.3 Å². The lowest BCUT2D eigenvalue weighted by Crippen LogP contribution is -2.67. The summed E-state index contributed by atoms with van der Waals surface area (Å²) < 4.78 is 0. The normalized spacial score (nSPS) is 28.0. The highest BCUT2D eigenvalue weighted by Gasteiger charge is 2.51. The molecule has 1 saturated carbocycles. The lowest BCUT2D eigenvalue weighted by Gasteiger charge is -2.53. The van der Waals surface area contributed by atoms with Crippen molar-refractivity contribution in [3.05, 3.63) is 35.9 Å². The lowest BCUT2D eigenvalue weighted by molar-refractivity contribution is -0.161. The largest absolute Gasteiger partial charge is 0.342 e. The molecular weight excluding hydrogens is 264 g/mol. The molecule has 0 bridgehead atoms. The Labute approximate surface area is 125 Å². The van der Waals surface area contributed by atoms with E-state index in [9.17, 15) is 9.59 Å². The van der Waals surface area contributed by atoms with Gasteiger partial charge in [0.1, 0.15) is 12.1 Å². The van der Waals surface area contributed by atoms with Crippen molar-refractivity contribution in [3.8, 4) is 0 Å². The summed E-state index contributed by atoms with van der Waals surface area (Å²) in [5.41, 5.74) is 0.717. The van der Waals surface area contributed by atoms with E-state index in [2.05, 4.69) is 12.2 Å². The highest BCUT2D eigenvalue weighted by Crippen LogP contribution is 2.43. The Bertz CT molecular complexity index is 551. The minimum Gasteiger partial charge on any atom is -0.342 e. The van der Waals surface area contributed by atoms with Crippen LogP contribution < -0.4 is 5.32 Å². The van der Waals surface area contributed by atoms with Crippen molar-refractivity contribution in [3.63, 3.8) is 0 Å². The van der Waals surface area contributed by atoms with Gasteiger partial charge in [0.05, 0.1) is 0 Å². The van der Waals surface area contributed by atoms with Gasteiger partial charge in [-0.05, 0) is 38.2 Å². The summed E-state index contributed by atoms with van der Waals surface area (Å²) in [6, 6.07) is 8.75. The second-order valence-corrected chi connectivity index (χ2v) is 6.34. The summed E-state index contributed by atoms with van der Waals surface area (Å²) in [7, 11) is 0. The molecular formula is C17H22N2O2. The molecule has 112 valence electrons. The van der Waals surface area contributed by atoms with Crippen LogP contribution in [0.3, 0.4) is 0 Å². The maximum Gasteiger partial charge on any atom is 0.248 e. The number of hydrogen-bond donors (Lipinski definition) is 1. The topological polar surface area (TPSA) is 49.4 Å². The fourth-order valence-electron chi connectivity index (χ4n) is 3.44. The van der Waals surface area contributed by atoms with Crippen LogP contribution >= 0.6 is 0 Å². The summed E-state index contributed by atoms with van der Waals surface area (Å²) in [5.74, 6) is 0.00827. The van der Waals surface area contributed by atoms with Gasteiger partial charge in [-0.25, -0.2) is 0 Å². The Kier molecular flexibility index (Phi) is 3.47. The van der Waals surface area contributed by atoms with E-state index in [1.165, 1.54) is 0 Å². The highest BCUT2D eigenvalue weighted by atomic mass is 16.2. The molecule has 4 heteroatoms. The van der Waals surface area contributed by atoms with E-state index >= 15 is 0 Å². The van der Waals surface area contributed by atoms with Crippen LogP contribution in [0.1, 0.15) is 51.1 Å². The first kappa shape index (κ1) is 14.1. The average Bonchev–Trinajstić information content (AvgIpc) is 2.47. The fourth-order valence-corrected chi connectivity index (χ4v) is 3.44. The second kappa shape index (κ2) is 5.17. The van der Waals surface area contributed by atoms with E-state index < -0.39 is 6.04 Å². The highest BCUT2D eigenvalue weighted by molar-refractivity contribution is 5.98. The standard InChI is InChI=1S/C17H22N2O2/c1-3-13-16(21)19(17(2)10-7-11-17)14(15(20)18-13)12-8-5-4-6-9-12/h4-6,8-9,13-14H,3,7,10-11H2,1-2H3,(H,18,20). The number of rotatable bonds is 3. The predicted molar refractivity (Wildman–Crippen MR) is 80.5 cm³/mol. The molecule has 4 nitrogen and oxygen atoms in total. The zero-order valence-electron chi connectivity index (χ0n) is 12.6. The van der Waals surface area contributed by atoms with Gasteiger partial charge in [0, 0.05) is 5.54 Å². The van der Waals surface area contributed by atoms with E-state index in [0.717, 1.165) is 24.8 Å². The third kappa shape index (κ3) is 2.23. The molecule has 2 fully saturated rings. The number of piperazine rings is 1. The molecule has 1 aromatic carbocycles. The molecule has 1 heterocycles. The number of amides is 2. The molecule has 0 radical (unpaired) electrons. The molecule has 1 aliphatic carbocycles. The molecule has 3 rings (SSSR count). The van der Waals surface area contributed by atoms with Gasteiger partial charge in [-0.3, -0.25) is 9.59 Å². The van der Waals surface area contributed by atoms with Crippen molar-refractivity contribution in [2.75, 3.05) is 0 Å². The lowest BCUT2D eigenvalue weighted by atomic mass is 9.74. The van der Waals surface area contributed by atoms with Gasteiger partial charge in [0.2, 0.25) is 11.8 Å². The van der Waals surface area contributed by atoms with Gasteiger partial charge in [0.25, 0.3) is 0 Å². The van der Waals surface area contributed by atoms with Crippen molar-refractivity contribution < 1.29 is 9.59 Å². The number of hydrogen-bond acceptors (Lipinski definition) is 2. The number of benzene rings is 1. The van der Waals surface area contributed by atoms with Crippen LogP contribution in [0.2, 0.25) is 0 Å². The monoisotopic (exact) mass is 286 g/mol. The first-order chi connectivity index (χ1) is 10.1. The molecule has 0 spiro atoms. The third-order valence-electron chi connectivity index (χ3n) is 4.89. The number of carbonyl (C=O) groups is 2. The molecule has 21 heavy (non-hydrogen) atoms. The Morgan fingerprint density at radius 2 is 1.90 bits per heavy atom. The number of nitrogens with zero attached hydrogens (tertiary/aromatic N) is 1. The average molecular weight is 286 g/mol. The molecule has 1 N–H and O–H groups in total. The summed E-state index contributed by atoms with van der Waals surface area (Å²) in [6.07, 6.45) is 3.72. The smallest absolute Gasteiger partial charge is 0.248 e. The van der Waals surface area contributed by atoms with Gasteiger partial charge >= 0.3 is 0 Å². The molecule has 2 atom stereocenters. The Morgan fingerprint density at radius 1 is 1.24 bits per heavy atom. The van der Waals surface area contributed by atoms with Gasteiger partial charge in [-0.2, -0.15) is 0 Å². The van der Waals surface area contributed by atoms with Crippen molar-refractivity contribution in [2.24, 2.45) is 0 Å². The zero-order valence-corrected chi connectivity index (χ0v) is 12.6. The van der Waals surface area contributed by atoms with Crippen molar-refractivity contribution in [2.45, 2.75) is 57.2 Å². The van der Waals surface area contributed by atoms with Crippen LogP contribution in [0, 0.1) is 0 Å².